The van der Waals surface area contributed by atoms with Crippen molar-refractivity contribution in [2.75, 3.05) is 19.8 Å². The molecule has 2 saturated heterocycles. The Morgan fingerprint density at radius 1 is 0.493 bits per heavy atom. The summed E-state index contributed by atoms with van der Waals surface area (Å²) >= 11 is 0. The maximum Gasteiger partial charge on any atom is 0.220 e. The monoisotopic (exact) mass is 1050 g/mol. The zero-order valence-electron chi connectivity index (χ0n) is 45.2. The standard InChI is InChI=1S/C61H97NO13/c1-3-5-7-9-11-13-15-17-18-19-20-21-22-23-24-25-26-27-28-29-30-31-32-33-35-37-39-41-43-45-53(66)62-49(50(65)44-42-40-38-36-34-16-14-12-10-8-6-4-2)48-72-60-58(71)56(69)59(52(47-64)74-60)75-61-57(70)55(68)54(67)51(46-63)73-61/h5,7,10-13,17-18,20-21,23-24,26-27,29-30,32-34,36,42,44,49-52,54-61,63-65,67-71H,3-4,6,8-9,14-16,19,22,25,28,31,35,37-41,43,45-48H2,1-2H3,(H,62,66)/b7-5-,12-10+,13-11-,18-17-,21-20-,24-23-,27-26-,30-29-,33-32-,36-34+,44-42+. The Morgan fingerprint density at radius 3 is 1.45 bits per heavy atom. The van der Waals surface area contributed by atoms with Crippen LogP contribution in [0.1, 0.15) is 149 Å². The van der Waals surface area contributed by atoms with Gasteiger partial charge in [0.2, 0.25) is 5.91 Å². The topological polar surface area (TPSA) is 228 Å². The van der Waals surface area contributed by atoms with Crippen molar-refractivity contribution in [1.82, 2.24) is 5.32 Å². The van der Waals surface area contributed by atoms with Crippen LogP contribution in [-0.4, -0.2) is 140 Å². The van der Waals surface area contributed by atoms with E-state index in [1.54, 1.807) is 6.08 Å². The second-order valence-electron chi connectivity index (χ2n) is 19.0. The molecule has 0 aromatic carbocycles. The third-order valence-electron chi connectivity index (χ3n) is 12.5. The van der Waals surface area contributed by atoms with Crippen LogP contribution in [0.5, 0.6) is 0 Å². The molecule has 12 atom stereocenters. The Kier molecular flexibility index (Phi) is 40.5. The molecule has 2 rings (SSSR count). The fraction of sp³-hybridized carbons (Fsp3) is 0.623. The Balaban J connectivity index is 1.77. The summed E-state index contributed by atoms with van der Waals surface area (Å²) in [5.41, 5.74) is 0. The fourth-order valence-electron chi connectivity index (χ4n) is 8.03. The number of amides is 1. The normalized spacial score (nSPS) is 26.1. The third-order valence-corrected chi connectivity index (χ3v) is 12.5. The first kappa shape index (κ1) is 67.2. The molecule has 0 aliphatic carbocycles. The van der Waals surface area contributed by atoms with E-state index in [0.717, 1.165) is 103 Å². The molecule has 0 aromatic rings. The average Bonchev–Trinajstić information content (AvgIpc) is 3.41. The van der Waals surface area contributed by atoms with E-state index in [9.17, 15) is 45.6 Å². The predicted molar refractivity (Wildman–Crippen MR) is 299 cm³/mol. The van der Waals surface area contributed by atoms with Crippen molar-refractivity contribution < 1.29 is 64.6 Å². The number of aliphatic hydroxyl groups is 8. The van der Waals surface area contributed by atoms with Crippen LogP contribution in [0, 0.1) is 0 Å². The fourth-order valence-corrected chi connectivity index (χ4v) is 8.03. The van der Waals surface area contributed by atoms with Gasteiger partial charge in [0.15, 0.2) is 12.6 Å². The number of rotatable bonds is 41. The van der Waals surface area contributed by atoms with Crippen LogP contribution in [0.25, 0.3) is 0 Å². The van der Waals surface area contributed by atoms with E-state index >= 15 is 0 Å². The van der Waals surface area contributed by atoms with Gasteiger partial charge in [-0.1, -0.05) is 173 Å². The quantitative estimate of drug-likeness (QED) is 0.0206. The van der Waals surface area contributed by atoms with Gasteiger partial charge in [-0.25, -0.2) is 0 Å². The summed E-state index contributed by atoms with van der Waals surface area (Å²) in [4.78, 5) is 13.2. The minimum Gasteiger partial charge on any atom is -0.394 e. The van der Waals surface area contributed by atoms with Gasteiger partial charge >= 0.3 is 0 Å². The molecule has 0 spiro atoms. The third kappa shape index (κ3) is 31.2. The number of unbranched alkanes of at least 4 members (excludes halogenated alkanes) is 8. The molecule has 0 saturated carbocycles. The summed E-state index contributed by atoms with van der Waals surface area (Å²) in [5.74, 6) is -0.287. The molecule has 75 heavy (non-hydrogen) atoms. The Labute approximate surface area is 450 Å². The van der Waals surface area contributed by atoms with Gasteiger partial charge < -0.3 is 65.1 Å². The van der Waals surface area contributed by atoms with E-state index in [1.165, 1.54) is 12.8 Å². The van der Waals surface area contributed by atoms with Gasteiger partial charge in [0.1, 0.15) is 48.8 Å². The SMILES string of the molecule is CC/C=C\C/C=C\C/C=C\C/C=C\C/C=C\C/C=C\C/C=C\C/C=C\CCCCCCC(=O)NC(COC1OC(CO)C(OC2OC(CO)C(O)C(O)C2O)C(O)C1O)C(O)/C=C/CC/C=C/CC/C=C/CCCC. The molecule has 2 fully saturated rings. The van der Waals surface area contributed by atoms with E-state index in [1.807, 2.05) is 6.08 Å². The van der Waals surface area contributed by atoms with Gasteiger partial charge in [-0.3, -0.25) is 4.79 Å². The first-order chi connectivity index (χ1) is 36.6. The lowest BCUT2D eigenvalue weighted by molar-refractivity contribution is -0.359. The van der Waals surface area contributed by atoms with Gasteiger partial charge in [-0.2, -0.15) is 0 Å². The van der Waals surface area contributed by atoms with E-state index in [0.29, 0.717) is 12.8 Å². The summed E-state index contributed by atoms with van der Waals surface area (Å²) < 4.78 is 22.7. The molecule has 2 aliphatic rings. The summed E-state index contributed by atoms with van der Waals surface area (Å²) in [5, 5.41) is 86.8. The number of carbonyl (C=O) groups is 1. The van der Waals surface area contributed by atoms with Crippen molar-refractivity contribution in [1.29, 1.82) is 0 Å². The van der Waals surface area contributed by atoms with E-state index in [4.69, 9.17) is 18.9 Å². The molecule has 1 amide bonds. The first-order valence-electron chi connectivity index (χ1n) is 27.9. The summed E-state index contributed by atoms with van der Waals surface area (Å²) in [7, 11) is 0. The molecule has 14 nitrogen and oxygen atoms in total. The number of ether oxygens (including phenoxy) is 4. The van der Waals surface area contributed by atoms with Crippen LogP contribution in [-0.2, 0) is 23.7 Å². The number of hydrogen-bond acceptors (Lipinski definition) is 13. The molecule has 0 radical (unpaired) electrons. The molecule has 0 aromatic heterocycles. The van der Waals surface area contributed by atoms with Gasteiger partial charge in [-0.05, 0) is 103 Å². The van der Waals surface area contributed by atoms with Crippen LogP contribution in [0.4, 0.5) is 0 Å². The van der Waals surface area contributed by atoms with Crippen molar-refractivity contribution in [3.05, 3.63) is 134 Å². The predicted octanol–water partition coefficient (Wildman–Crippen LogP) is 8.82. The van der Waals surface area contributed by atoms with Crippen molar-refractivity contribution in [2.24, 2.45) is 0 Å². The second kappa shape index (κ2) is 45.2. The highest BCUT2D eigenvalue weighted by atomic mass is 16.7. The maximum atomic E-state index is 13.2. The van der Waals surface area contributed by atoms with Crippen molar-refractivity contribution in [3.63, 3.8) is 0 Å². The highest BCUT2D eigenvalue weighted by molar-refractivity contribution is 5.76. The highest BCUT2D eigenvalue weighted by Gasteiger charge is 2.51. The van der Waals surface area contributed by atoms with Crippen LogP contribution in [0.2, 0.25) is 0 Å². The minimum atomic E-state index is -1.80. The zero-order valence-corrected chi connectivity index (χ0v) is 45.2. The van der Waals surface area contributed by atoms with Gasteiger partial charge in [-0.15, -0.1) is 0 Å². The Morgan fingerprint density at radius 2 is 0.933 bits per heavy atom. The highest BCUT2D eigenvalue weighted by Crippen LogP contribution is 2.30. The van der Waals surface area contributed by atoms with Crippen molar-refractivity contribution in [2.45, 2.75) is 222 Å². The number of aliphatic hydroxyl groups excluding tert-OH is 8. The summed E-state index contributed by atoms with van der Waals surface area (Å²) in [6.45, 7) is 2.54. The molecule has 14 heteroatoms. The lowest BCUT2D eigenvalue weighted by Crippen LogP contribution is -2.65. The van der Waals surface area contributed by atoms with Crippen LogP contribution >= 0.6 is 0 Å². The van der Waals surface area contributed by atoms with Crippen LogP contribution < -0.4 is 5.32 Å². The molecular weight excluding hydrogens is 955 g/mol. The Hall–Kier alpha value is -3.87. The van der Waals surface area contributed by atoms with Gasteiger partial charge in [0.25, 0.3) is 0 Å². The first-order valence-corrected chi connectivity index (χ1v) is 27.9. The average molecular weight is 1050 g/mol. The second-order valence-corrected chi connectivity index (χ2v) is 19.0. The van der Waals surface area contributed by atoms with Crippen molar-refractivity contribution in [3.8, 4) is 0 Å². The van der Waals surface area contributed by atoms with Crippen LogP contribution in [0.3, 0.4) is 0 Å². The molecule has 12 unspecified atom stereocenters. The largest absolute Gasteiger partial charge is 0.394 e. The molecule has 2 heterocycles. The van der Waals surface area contributed by atoms with Gasteiger partial charge in [0.05, 0.1) is 32.0 Å². The molecule has 2 aliphatic heterocycles. The Bertz CT molecular complexity index is 1760. The van der Waals surface area contributed by atoms with E-state index in [-0.39, 0.29) is 18.9 Å². The number of hydrogen-bond donors (Lipinski definition) is 9. The van der Waals surface area contributed by atoms with Gasteiger partial charge in [0, 0.05) is 6.42 Å². The maximum absolute atomic E-state index is 13.2. The van der Waals surface area contributed by atoms with E-state index in [2.05, 4.69) is 141 Å². The summed E-state index contributed by atoms with van der Waals surface area (Å²) in [6, 6.07) is -0.961. The molecular formula is C61H97NO13. The smallest absolute Gasteiger partial charge is 0.220 e. The minimum absolute atomic E-state index is 0.230. The molecule has 9 N–H and O–H groups in total. The lowest BCUT2D eigenvalue weighted by atomic mass is 9.97. The lowest BCUT2D eigenvalue weighted by Gasteiger charge is -2.46. The number of carbonyl (C=O) groups excluding carboxylic acids is 1. The molecule has 424 valence electrons. The molecule has 0 bridgehead atoms. The van der Waals surface area contributed by atoms with E-state index < -0.39 is 86.8 Å². The van der Waals surface area contributed by atoms with Crippen molar-refractivity contribution >= 4 is 5.91 Å². The number of allylic oxidation sites excluding steroid dienone is 21. The number of nitrogens with one attached hydrogen (secondary N) is 1. The summed E-state index contributed by atoms with van der Waals surface area (Å²) in [6.07, 6.45) is 49.2. The van der Waals surface area contributed by atoms with Crippen LogP contribution in [0.15, 0.2) is 134 Å². The zero-order chi connectivity index (χ0) is 54.6.